The summed E-state index contributed by atoms with van der Waals surface area (Å²) in [6, 6.07) is 20.3. The van der Waals surface area contributed by atoms with Gasteiger partial charge in [0.1, 0.15) is 6.61 Å². The van der Waals surface area contributed by atoms with Crippen LogP contribution in [0.15, 0.2) is 84.1 Å². The van der Waals surface area contributed by atoms with Gasteiger partial charge < -0.3 is 9.47 Å². The first-order chi connectivity index (χ1) is 17.9. The Balaban J connectivity index is 1.35. The van der Waals surface area contributed by atoms with E-state index < -0.39 is 10.8 Å². The number of hydrogen-bond acceptors (Lipinski definition) is 7. The molecule has 0 aliphatic heterocycles. The lowest BCUT2D eigenvalue weighted by atomic mass is 10.2. The van der Waals surface area contributed by atoms with Crippen LogP contribution in [0.1, 0.15) is 27.2 Å². The van der Waals surface area contributed by atoms with Crippen molar-refractivity contribution >= 4 is 29.4 Å². The van der Waals surface area contributed by atoms with E-state index >= 15 is 0 Å². The second-order valence-electron chi connectivity index (χ2n) is 7.85. The Kier molecular flexibility index (Phi) is 8.11. The fraction of sp³-hybridized carbons (Fsp3) is 0.115. The molecule has 3 aromatic carbocycles. The average molecular weight is 520 g/mol. The van der Waals surface area contributed by atoms with Gasteiger partial charge in [-0.3, -0.25) is 19.6 Å². The SMILES string of the molecule is COc1ccc(/C=N\NC(=O)c2ccn(Cc3ccc(Cl)cc3)n2)cc1OCc1ccc([N+](=O)[O-])cc1. The third-order valence-electron chi connectivity index (χ3n) is 5.24. The minimum atomic E-state index is -0.456. The van der Waals surface area contributed by atoms with Crippen LogP contribution < -0.4 is 14.9 Å². The van der Waals surface area contributed by atoms with Crippen molar-refractivity contribution < 1.29 is 19.2 Å². The van der Waals surface area contributed by atoms with Crippen LogP contribution in [-0.4, -0.2) is 33.9 Å². The van der Waals surface area contributed by atoms with Gasteiger partial charge in [-0.15, -0.1) is 0 Å². The molecule has 0 bridgehead atoms. The number of ether oxygens (including phenoxy) is 2. The highest BCUT2D eigenvalue weighted by atomic mass is 35.5. The predicted molar refractivity (Wildman–Crippen MR) is 138 cm³/mol. The number of methoxy groups -OCH3 is 1. The lowest BCUT2D eigenvalue weighted by Gasteiger charge is -2.11. The number of nitrogens with one attached hydrogen (secondary N) is 1. The van der Waals surface area contributed by atoms with E-state index in [0.717, 1.165) is 11.1 Å². The van der Waals surface area contributed by atoms with E-state index in [9.17, 15) is 14.9 Å². The number of nitrogens with zero attached hydrogens (tertiary/aromatic N) is 4. The van der Waals surface area contributed by atoms with Crippen molar-refractivity contribution in [2.24, 2.45) is 5.10 Å². The van der Waals surface area contributed by atoms with Gasteiger partial charge in [0.2, 0.25) is 0 Å². The molecule has 4 rings (SSSR count). The molecule has 0 saturated carbocycles. The van der Waals surface area contributed by atoms with E-state index in [4.69, 9.17) is 21.1 Å². The minimum Gasteiger partial charge on any atom is -0.493 e. The number of nitro groups is 1. The molecular formula is C26H22ClN5O5. The number of nitro benzene ring substituents is 1. The molecule has 0 fully saturated rings. The Labute approximate surface area is 217 Å². The summed E-state index contributed by atoms with van der Waals surface area (Å²) in [5.74, 6) is 0.514. The maximum absolute atomic E-state index is 12.4. The van der Waals surface area contributed by atoms with Gasteiger partial charge >= 0.3 is 0 Å². The molecular weight excluding hydrogens is 498 g/mol. The molecule has 1 amide bonds. The smallest absolute Gasteiger partial charge is 0.291 e. The van der Waals surface area contributed by atoms with E-state index in [2.05, 4.69) is 15.6 Å². The third kappa shape index (κ3) is 6.92. The van der Waals surface area contributed by atoms with Crippen molar-refractivity contribution in [1.82, 2.24) is 15.2 Å². The summed E-state index contributed by atoms with van der Waals surface area (Å²) in [6.45, 7) is 0.687. The first-order valence-corrected chi connectivity index (χ1v) is 11.4. The normalized spacial score (nSPS) is 10.9. The second-order valence-corrected chi connectivity index (χ2v) is 8.28. The molecule has 0 radical (unpaired) electrons. The maximum atomic E-state index is 12.4. The van der Waals surface area contributed by atoms with Crippen molar-refractivity contribution in [3.8, 4) is 11.5 Å². The number of carbonyl (C=O) groups is 1. The van der Waals surface area contributed by atoms with Crippen LogP contribution in [0, 0.1) is 10.1 Å². The van der Waals surface area contributed by atoms with Crippen molar-refractivity contribution in [3.05, 3.63) is 117 Å². The monoisotopic (exact) mass is 519 g/mol. The molecule has 0 aliphatic rings. The quantitative estimate of drug-likeness (QED) is 0.182. The zero-order valence-electron chi connectivity index (χ0n) is 19.7. The zero-order chi connectivity index (χ0) is 26.2. The van der Waals surface area contributed by atoms with Crippen molar-refractivity contribution in [3.63, 3.8) is 0 Å². The van der Waals surface area contributed by atoms with Crippen molar-refractivity contribution in [1.29, 1.82) is 0 Å². The number of halogens is 1. The molecule has 0 saturated heterocycles. The van der Waals surface area contributed by atoms with E-state index in [1.165, 1.54) is 25.5 Å². The van der Waals surface area contributed by atoms with Crippen LogP contribution >= 0.6 is 11.6 Å². The summed E-state index contributed by atoms with van der Waals surface area (Å²) >= 11 is 5.91. The Morgan fingerprint density at radius 2 is 1.81 bits per heavy atom. The Morgan fingerprint density at radius 1 is 1.08 bits per heavy atom. The molecule has 0 atom stereocenters. The zero-order valence-corrected chi connectivity index (χ0v) is 20.5. The Morgan fingerprint density at radius 3 is 2.51 bits per heavy atom. The second kappa shape index (κ2) is 11.8. The van der Waals surface area contributed by atoms with Crippen LogP contribution in [0.3, 0.4) is 0 Å². The lowest BCUT2D eigenvalue weighted by molar-refractivity contribution is -0.384. The summed E-state index contributed by atoms with van der Waals surface area (Å²) in [7, 11) is 1.52. The highest BCUT2D eigenvalue weighted by Crippen LogP contribution is 2.28. The molecule has 0 aliphatic carbocycles. The van der Waals surface area contributed by atoms with Gasteiger partial charge in [0.15, 0.2) is 17.2 Å². The summed E-state index contributed by atoms with van der Waals surface area (Å²) in [5.41, 5.74) is 5.12. The van der Waals surface area contributed by atoms with Crippen LogP contribution in [-0.2, 0) is 13.2 Å². The number of hydrogen-bond donors (Lipinski definition) is 1. The number of benzene rings is 3. The van der Waals surface area contributed by atoms with Crippen LogP contribution in [0.25, 0.3) is 0 Å². The van der Waals surface area contributed by atoms with E-state index in [1.54, 1.807) is 59.4 Å². The molecule has 0 unspecified atom stereocenters. The van der Waals surface area contributed by atoms with Crippen LogP contribution in [0.5, 0.6) is 11.5 Å². The first kappa shape index (κ1) is 25.4. The molecule has 1 heterocycles. The Hall–Kier alpha value is -4.70. The average Bonchev–Trinajstić information content (AvgIpc) is 3.37. The largest absolute Gasteiger partial charge is 0.493 e. The number of carbonyl (C=O) groups excluding carboxylic acids is 1. The third-order valence-corrected chi connectivity index (χ3v) is 5.49. The van der Waals surface area contributed by atoms with Gasteiger partial charge in [0.05, 0.1) is 24.8 Å². The van der Waals surface area contributed by atoms with Crippen LogP contribution in [0.4, 0.5) is 5.69 Å². The fourth-order valence-electron chi connectivity index (χ4n) is 3.33. The number of amides is 1. The molecule has 4 aromatic rings. The van der Waals surface area contributed by atoms with Gasteiger partial charge in [-0.25, -0.2) is 5.43 Å². The predicted octanol–water partition coefficient (Wildman–Crippen LogP) is 4.84. The highest BCUT2D eigenvalue weighted by molar-refractivity contribution is 6.30. The van der Waals surface area contributed by atoms with E-state index in [1.807, 2.05) is 12.1 Å². The van der Waals surface area contributed by atoms with Gasteiger partial charge in [-0.05, 0) is 65.2 Å². The molecule has 0 spiro atoms. The number of non-ortho nitro benzene ring substituents is 1. The van der Waals surface area contributed by atoms with Gasteiger partial charge in [0.25, 0.3) is 11.6 Å². The maximum Gasteiger partial charge on any atom is 0.291 e. The van der Waals surface area contributed by atoms with Crippen molar-refractivity contribution in [2.75, 3.05) is 7.11 Å². The van der Waals surface area contributed by atoms with Crippen LogP contribution in [0.2, 0.25) is 5.02 Å². The van der Waals surface area contributed by atoms with E-state index in [-0.39, 0.29) is 18.0 Å². The molecule has 1 aromatic heterocycles. The van der Waals surface area contributed by atoms with Crippen molar-refractivity contribution in [2.45, 2.75) is 13.2 Å². The van der Waals surface area contributed by atoms with Gasteiger partial charge in [-0.1, -0.05) is 23.7 Å². The van der Waals surface area contributed by atoms with Gasteiger partial charge in [-0.2, -0.15) is 10.2 Å². The lowest BCUT2D eigenvalue weighted by Crippen LogP contribution is -2.18. The summed E-state index contributed by atoms with van der Waals surface area (Å²) < 4.78 is 12.8. The molecule has 188 valence electrons. The molecule has 37 heavy (non-hydrogen) atoms. The minimum absolute atomic E-state index is 0.00917. The Bertz CT molecular complexity index is 1420. The summed E-state index contributed by atoms with van der Waals surface area (Å²) in [4.78, 5) is 22.8. The standard InChI is InChI=1S/C26H22ClN5O5/c1-36-24-11-6-20(14-25(24)37-17-19-4-9-22(10-5-19)32(34)35)15-28-29-26(33)23-12-13-31(30-23)16-18-2-7-21(27)8-3-18/h2-15H,16-17H2,1H3,(H,29,33)/b28-15-. The fourth-order valence-corrected chi connectivity index (χ4v) is 3.46. The van der Waals surface area contributed by atoms with Gasteiger partial charge in [0, 0.05) is 23.4 Å². The molecule has 11 heteroatoms. The first-order valence-electron chi connectivity index (χ1n) is 11.1. The summed E-state index contributed by atoms with van der Waals surface area (Å²) in [5, 5.41) is 19.8. The number of rotatable bonds is 10. The number of aromatic nitrogens is 2. The van der Waals surface area contributed by atoms with E-state index in [0.29, 0.717) is 28.6 Å². The molecule has 10 nitrogen and oxygen atoms in total. The summed E-state index contributed by atoms with van der Waals surface area (Å²) in [6.07, 6.45) is 3.19. The number of hydrazone groups is 1. The molecule has 1 N–H and O–H groups in total. The topological polar surface area (TPSA) is 121 Å². The highest BCUT2D eigenvalue weighted by Gasteiger charge is 2.10.